The molecule has 0 aromatic heterocycles. The molecular formula is C14H12O5. The van der Waals surface area contributed by atoms with Gasteiger partial charge < -0.3 is 25.5 Å². The lowest BCUT2D eigenvalue weighted by molar-refractivity contribution is 0.166. The lowest BCUT2D eigenvalue weighted by Gasteiger charge is -2.30. The van der Waals surface area contributed by atoms with E-state index in [0.717, 1.165) is 6.07 Å². The molecule has 0 aliphatic heterocycles. The summed E-state index contributed by atoms with van der Waals surface area (Å²) in [6.07, 6.45) is -2.38. The standard InChI is InChI=1S/C14H12O5/c15-8-5-9(16)14(19)11-10(8)12(17)6-3-1-2-4-7(6)13(11)18/h1-5,12-13,15-19H. The van der Waals surface area contributed by atoms with Gasteiger partial charge in [-0.1, -0.05) is 24.3 Å². The lowest BCUT2D eigenvalue weighted by atomic mass is 9.81. The number of benzene rings is 2. The van der Waals surface area contributed by atoms with Crippen molar-refractivity contribution in [3.8, 4) is 17.2 Å². The number of aromatic hydroxyl groups is 3. The molecule has 0 fully saturated rings. The van der Waals surface area contributed by atoms with Crippen LogP contribution in [0.15, 0.2) is 30.3 Å². The molecule has 1 aliphatic rings. The van der Waals surface area contributed by atoms with Gasteiger partial charge in [-0.05, 0) is 11.1 Å². The molecule has 2 atom stereocenters. The van der Waals surface area contributed by atoms with Gasteiger partial charge >= 0.3 is 0 Å². The van der Waals surface area contributed by atoms with Crippen molar-refractivity contribution in [3.63, 3.8) is 0 Å². The van der Waals surface area contributed by atoms with E-state index in [-0.39, 0.29) is 16.9 Å². The average molecular weight is 260 g/mol. The van der Waals surface area contributed by atoms with Crippen LogP contribution in [0.2, 0.25) is 0 Å². The molecule has 0 saturated heterocycles. The van der Waals surface area contributed by atoms with Gasteiger partial charge in [-0.15, -0.1) is 0 Å². The molecule has 0 heterocycles. The fraction of sp³-hybridized carbons (Fsp3) is 0.143. The summed E-state index contributed by atoms with van der Waals surface area (Å²) in [4.78, 5) is 0. The molecule has 5 heteroatoms. The Morgan fingerprint density at radius 3 is 1.84 bits per heavy atom. The summed E-state index contributed by atoms with van der Waals surface area (Å²) in [7, 11) is 0. The zero-order valence-electron chi connectivity index (χ0n) is 9.78. The molecule has 0 amide bonds. The first-order valence-corrected chi connectivity index (χ1v) is 5.75. The Morgan fingerprint density at radius 1 is 0.737 bits per heavy atom. The molecule has 2 unspecified atom stereocenters. The Bertz CT molecular complexity index is 665. The highest BCUT2D eigenvalue weighted by Crippen LogP contribution is 2.50. The van der Waals surface area contributed by atoms with Gasteiger partial charge in [-0.3, -0.25) is 0 Å². The van der Waals surface area contributed by atoms with Crippen LogP contribution in [0.1, 0.15) is 34.5 Å². The van der Waals surface area contributed by atoms with Crippen LogP contribution in [0.5, 0.6) is 17.2 Å². The molecule has 3 rings (SSSR count). The van der Waals surface area contributed by atoms with Crippen LogP contribution in [0.3, 0.4) is 0 Å². The van der Waals surface area contributed by atoms with Crippen molar-refractivity contribution in [2.75, 3.05) is 0 Å². The summed E-state index contributed by atoms with van der Waals surface area (Å²) in [5.41, 5.74) is 0.843. The largest absolute Gasteiger partial charge is 0.507 e. The minimum absolute atomic E-state index is 0.0153. The summed E-state index contributed by atoms with van der Waals surface area (Å²) in [5, 5.41) is 49.7. The van der Waals surface area contributed by atoms with Gasteiger partial charge in [-0.2, -0.15) is 0 Å². The van der Waals surface area contributed by atoms with Gasteiger partial charge in [0, 0.05) is 17.2 Å². The molecule has 5 N–H and O–H groups in total. The van der Waals surface area contributed by atoms with E-state index in [0.29, 0.717) is 11.1 Å². The molecule has 2 aromatic carbocycles. The molecule has 0 bridgehead atoms. The van der Waals surface area contributed by atoms with Gasteiger partial charge in [-0.25, -0.2) is 0 Å². The van der Waals surface area contributed by atoms with Crippen molar-refractivity contribution in [1.29, 1.82) is 0 Å². The van der Waals surface area contributed by atoms with Crippen molar-refractivity contribution < 1.29 is 25.5 Å². The van der Waals surface area contributed by atoms with E-state index in [4.69, 9.17) is 0 Å². The average Bonchev–Trinajstić information content (AvgIpc) is 2.40. The maximum Gasteiger partial charge on any atom is 0.164 e. The Labute approximate surface area is 108 Å². The monoisotopic (exact) mass is 260 g/mol. The fourth-order valence-electron chi connectivity index (χ4n) is 2.56. The number of hydrogen-bond acceptors (Lipinski definition) is 5. The number of phenols is 3. The van der Waals surface area contributed by atoms with Crippen LogP contribution >= 0.6 is 0 Å². The van der Waals surface area contributed by atoms with Crippen molar-refractivity contribution in [3.05, 3.63) is 52.6 Å². The zero-order chi connectivity index (χ0) is 13.7. The van der Waals surface area contributed by atoms with E-state index in [1.165, 1.54) is 0 Å². The quantitative estimate of drug-likeness (QED) is 0.363. The van der Waals surface area contributed by atoms with Crippen LogP contribution in [-0.4, -0.2) is 25.5 Å². The minimum atomic E-state index is -1.22. The molecule has 0 radical (unpaired) electrons. The summed E-state index contributed by atoms with van der Waals surface area (Å²) >= 11 is 0. The predicted molar refractivity (Wildman–Crippen MR) is 66.0 cm³/mol. The smallest absolute Gasteiger partial charge is 0.164 e. The second-order valence-corrected chi connectivity index (χ2v) is 4.52. The van der Waals surface area contributed by atoms with Crippen molar-refractivity contribution in [1.82, 2.24) is 0 Å². The number of phenolic OH excluding ortho intramolecular Hbond substituents is 3. The number of aliphatic hydroxyl groups excluding tert-OH is 2. The van der Waals surface area contributed by atoms with E-state index in [1.54, 1.807) is 24.3 Å². The van der Waals surface area contributed by atoms with E-state index in [9.17, 15) is 25.5 Å². The van der Waals surface area contributed by atoms with Crippen molar-refractivity contribution in [2.24, 2.45) is 0 Å². The number of aliphatic hydroxyl groups is 2. The second-order valence-electron chi connectivity index (χ2n) is 4.52. The van der Waals surface area contributed by atoms with Crippen molar-refractivity contribution >= 4 is 0 Å². The van der Waals surface area contributed by atoms with Gasteiger partial charge in [0.15, 0.2) is 11.5 Å². The first kappa shape index (κ1) is 11.8. The molecule has 2 aromatic rings. The molecule has 0 saturated carbocycles. The third-order valence-electron chi connectivity index (χ3n) is 3.47. The first-order valence-electron chi connectivity index (χ1n) is 5.75. The number of fused-ring (bicyclic) bond motifs is 2. The number of rotatable bonds is 0. The van der Waals surface area contributed by atoms with Crippen LogP contribution in [0.25, 0.3) is 0 Å². The van der Waals surface area contributed by atoms with E-state index >= 15 is 0 Å². The number of hydrogen-bond donors (Lipinski definition) is 5. The maximum absolute atomic E-state index is 10.3. The second kappa shape index (κ2) is 3.88. The Hall–Kier alpha value is -2.24. The third-order valence-corrected chi connectivity index (χ3v) is 3.47. The summed E-state index contributed by atoms with van der Waals surface area (Å²) in [6, 6.07) is 7.59. The van der Waals surface area contributed by atoms with Crippen LogP contribution in [0.4, 0.5) is 0 Å². The van der Waals surface area contributed by atoms with Crippen molar-refractivity contribution in [2.45, 2.75) is 12.2 Å². The Morgan fingerprint density at radius 2 is 1.26 bits per heavy atom. The molecule has 5 nitrogen and oxygen atoms in total. The molecular weight excluding hydrogens is 248 g/mol. The summed E-state index contributed by atoms with van der Waals surface area (Å²) in [5.74, 6) is -1.44. The van der Waals surface area contributed by atoms with E-state index in [2.05, 4.69) is 0 Å². The molecule has 1 aliphatic carbocycles. The Balaban J connectivity index is 2.35. The van der Waals surface area contributed by atoms with Crippen LogP contribution in [-0.2, 0) is 0 Å². The highest BCUT2D eigenvalue weighted by molar-refractivity contribution is 5.63. The van der Waals surface area contributed by atoms with Gasteiger partial charge in [0.25, 0.3) is 0 Å². The zero-order valence-corrected chi connectivity index (χ0v) is 9.78. The van der Waals surface area contributed by atoms with Gasteiger partial charge in [0.2, 0.25) is 0 Å². The maximum atomic E-state index is 10.3. The Kier molecular flexibility index (Phi) is 2.41. The van der Waals surface area contributed by atoms with Gasteiger partial charge in [0.1, 0.15) is 18.0 Å². The highest BCUT2D eigenvalue weighted by atomic mass is 16.3. The lowest BCUT2D eigenvalue weighted by Crippen LogP contribution is -2.18. The molecule has 0 spiro atoms. The summed E-state index contributed by atoms with van der Waals surface area (Å²) < 4.78 is 0. The van der Waals surface area contributed by atoms with Gasteiger partial charge in [0.05, 0.1) is 0 Å². The normalized spacial score (nSPS) is 20.7. The van der Waals surface area contributed by atoms with E-state index < -0.39 is 23.7 Å². The minimum Gasteiger partial charge on any atom is -0.507 e. The predicted octanol–water partition coefficient (Wildman–Crippen LogP) is 1.28. The topological polar surface area (TPSA) is 101 Å². The van der Waals surface area contributed by atoms with Crippen LogP contribution in [0, 0.1) is 0 Å². The SMILES string of the molecule is Oc1cc(O)c2c(c1O)C(O)c1ccccc1C2O. The van der Waals surface area contributed by atoms with Crippen LogP contribution < -0.4 is 0 Å². The third kappa shape index (κ3) is 1.49. The van der Waals surface area contributed by atoms with E-state index in [1.807, 2.05) is 0 Å². The molecule has 19 heavy (non-hydrogen) atoms. The fourth-order valence-corrected chi connectivity index (χ4v) is 2.56. The first-order chi connectivity index (χ1) is 9.02. The highest BCUT2D eigenvalue weighted by Gasteiger charge is 2.35. The molecule has 98 valence electrons. The summed E-state index contributed by atoms with van der Waals surface area (Å²) in [6.45, 7) is 0.